The van der Waals surface area contributed by atoms with Crippen LogP contribution in [-0.4, -0.2) is 71.0 Å². The van der Waals surface area contributed by atoms with Gasteiger partial charge in [0.05, 0.1) is 30.4 Å². The minimum atomic E-state index is -0.606. The topological polar surface area (TPSA) is 77.5 Å². The van der Waals surface area contributed by atoms with Crippen LogP contribution in [0, 0.1) is 5.92 Å². The Morgan fingerprint density at radius 3 is 2.33 bits per heavy atom. The molecule has 0 aromatic rings. The summed E-state index contributed by atoms with van der Waals surface area (Å²) in [7, 11) is 0. The molecule has 0 saturated carbocycles. The van der Waals surface area contributed by atoms with E-state index in [9.17, 15) is 9.90 Å². The largest absolute Gasteiger partial charge is 0.457 e. The van der Waals surface area contributed by atoms with Gasteiger partial charge < -0.3 is 19.3 Å². The lowest BCUT2D eigenvalue weighted by Crippen LogP contribution is -2.47. The van der Waals surface area contributed by atoms with Gasteiger partial charge in [-0.05, 0) is 41.5 Å². The molecule has 0 amide bonds. The molecule has 7 nitrogen and oxygen atoms in total. The van der Waals surface area contributed by atoms with E-state index in [0.717, 1.165) is 0 Å². The van der Waals surface area contributed by atoms with E-state index in [-0.39, 0.29) is 42.0 Å². The van der Waals surface area contributed by atoms with Crippen LogP contribution in [0.5, 0.6) is 0 Å². The summed E-state index contributed by atoms with van der Waals surface area (Å²) in [5.41, 5.74) is -0.704. The predicted molar refractivity (Wildman–Crippen MR) is 85.1 cm³/mol. The van der Waals surface area contributed by atoms with Crippen molar-refractivity contribution in [2.75, 3.05) is 13.2 Å². The second-order valence-corrected chi connectivity index (χ2v) is 8.81. The molecular weight excluding hydrogens is 314 g/mol. The molecule has 0 aliphatic carbocycles. The average Bonchev–Trinajstić information content (AvgIpc) is 2.99. The molecule has 0 aromatic heterocycles. The first-order valence-electron chi connectivity index (χ1n) is 8.60. The van der Waals surface area contributed by atoms with Crippen LogP contribution in [0.4, 0.5) is 0 Å². The third-order valence-corrected chi connectivity index (χ3v) is 4.46. The summed E-state index contributed by atoms with van der Waals surface area (Å²) in [6.07, 6.45) is -1.56. The molecule has 138 valence electrons. The number of ether oxygens (including phenoxy) is 3. The number of fused-ring (bicyclic) bond motifs is 3. The zero-order chi connectivity index (χ0) is 17.9. The minimum Gasteiger partial charge on any atom is -0.457 e. The van der Waals surface area contributed by atoms with Crippen LogP contribution in [-0.2, 0) is 23.8 Å². The highest BCUT2D eigenvalue weighted by Gasteiger charge is 2.64. The molecule has 0 spiro atoms. The number of hydroxylamine groups is 2. The normalized spacial score (nSPS) is 39.9. The zero-order valence-electron chi connectivity index (χ0n) is 15.3. The van der Waals surface area contributed by atoms with E-state index in [1.54, 1.807) is 5.06 Å². The van der Waals surface area contributed by atoms with Gasteiger partial charge >= 0.3 is 5.97 Å². The standard InChI is InChI=1S/C17H29NO6/c1-16(2,3)22-9-7-18-12(14(9)23-17(4,5)6)11-13(24-18)10(8-19)21-15(11)20/h9-14,19H,7-8H2,1-6H3/t9-,10+,11+,12-,13+,14+/m0/s1. The first kappa shape index (κ1) is 18.1. The van der Waals surface area contributed by atoms with Crippen molar-refractivity contribution in [1.82, 2.24) is 5.06 Å². The molecule has 3 aliphatic heterocycles. The molecule has 3 saturated heterocycles. The van der Waals surface area contributed by atoms with Crippen molar-refractivity contribution in [3.63, 3.8) is 0 Å². The van der Waals surface area contributed by atoms with E-state index >= 15 is 0 Å². The lowest BCUT2D eigenvalue weighted by molar-refractivity contribution is -0.189. The number of nitrogens with zero attached hydrogens (tertiary/aromatic N) is 1. The third kappa shape index (κ3) is 3.32. The highest BCUT2D eigenvalue weighted by Crippen LogP contribution is 2.45. The van der Waals surface area contributed by atoms with Gasteiger partial charge in [0, 0.05) is 0 Å². The maximum atomic E-state index is 12.3. The Labute approximate surface area is 143 Å². The maximum absolute atomic E-state index is 12.3. The van der Waals surface area contributed by atoms with Crippen molar-refractivity contribution in [2.24, 2.45) is 5.92 Å². The van der Waals surface area contributed by atoms with Crippen LogP contribution in [0.2, 0.25) is 0 Å². The Hall–Kier alpha value is -0.730. The molecule has 24 heavy (non-hydrogen) atoms. The van der Waals surface area contributed by atoms with Crippen LogP contribution in [0.3, 0.4) is 0 Å². The summed E-state index contributed by atoms with van der Waals surface area (Å²) in [6, 6.07) is -0.259. The number of rotatable bonds is 3. The fraction of sp³-hybridized carbons (Fsp3) is 0.941. The Morgan fingerprint density at radius 1 is 1.17 bits per heavy atom. The van der Waals surface area contributed by atoms with Gasteiger partial charge in [0.25, 0.3) is 0 Å². The molecule has 1 N–H and O–H groups in total. The Morgan fingerprint density at radius 2 is 1.79 bits per heavy atom. The molecule has 3 rings (SSSR count). The molecule has 0 unspecified atom stereocenters. The zero-order valence-corrected chi connectivity index (χ0v) is 15.3. The van der Waals surface area contributed by atoms with Crippen molar-refractivity contribution in [1.29, 1.82) is 0 Å². The summed E-state index contributed by atoms with van der Waals surface area (Å²) in [6.45, 7) is 12.3. The Bertz CT molecular complexity index is 496. The molecular formula is C17H29NO6. The van der Waals surface area contributed by atoms with E-state index in [2.05, 4.69) is 0 Å². The Kier molecular flexibility index (Phi) is 4.45. The van der Waals surface area contributed by atoms with E-state index in [1.165, 1.54) is 0 Å². The first-order chi connectivity index (χ1) is 11.0. The van der Waals surface area contributed by atoms with Crippen molar-refractivity contribution >= 4 is 5.97 Å². The minimum absolute atomic E-state index is 0.198. The van der Waals surface area contributed by atoms with Crippen molar-refractivity contribution in [2.45, 2.75) is 83.2 Å². The van der Waals surface area contributed by atoms with Gasteiger partial charge in [-0.3, -0.25) is 9.63 Å². The van der Waals surface area contributed by atoms with Gasteiger partial charge in [0.1, 0.15) is 24.2 Å². The van der Waals surface area contributed by atoms with E-state index in [0.29, 0.717) is 6.54 Å². The highest BCUT2D eigenvalue weighted by molar-refractivity contribution is 5.77. The lowest BCUT2D eigenvalue weighted by Gasteiger charge is -2.34. The number of carbonyl (C=O) groups excluding carboxylic acids is 1. The first-order valence-corrected chi connectivity index (χ1v) is 8.60. The molecule has 0 bridgehead atoms. The number of cyclic esters (lactones) is 1. The predicted octanol–water partition coefficient (Wildman–Crippen LogP) is 0.886. The SMILES string of the molecule is CC(C)(C)O[C@H]1[C@@H]2[C@H]3C(=O)O[C@H](CO)[C@H]3ON2C[C@@H]1OC(C)(C)C. The van der Waals surface area contributed by atoms with Crippen LogP contribution >= 0.6 is 0 Å². The molecule has 3 aliphatic rings. The molecule has 3 heterocycles. The number of esters is 1. The molecule has 3 fully saturated rings. The third-order valence-electron chi connectivity index (χ3n) is 4.46. The van der Waals surface area contributed by atoms with Crippen LogP contribution < -0.4 is 0 Å². The summed E-state index contributed by atoms with van der Waals surface area (Å²) in [5, 5.41) is 11.2. The fourth-order valence-corrected chi connectivity index (χ4v) is 3.82. The number of aliphatic hydroxyl groups excluding tert-OH is 1. The summed E-state index contributed by atoms with van der Waals surface area (Å²) in [5.74, 6) is -0.784. The van der Waals surface area contributed by atoms with Gasteiger partial charge in [-0.1, -0.05) is 0 Å². The lowest BCUT2D eigenvalue weighted by atomic mass is 9.90. The van der Waals surface area contributed by atoms with Gasteiger partial charge in [0.2, 0.25) is 0 Å². The fourth-order valence-electron chi connectivity index (χ4n) is 3.82. The van der Waals surface area contributed by atoms with Crippen molar-refractivity contribution in [3.05, 3.63) is 0 Å². The second-order valence-electron chi connectivity index (χ2n) is 8.81. The number of hydrogen-bond acceptors (Lipinski definition) is 7. The van der Waals surface area contributed by atoms with Crippen LogP contribution in [0.25, 0.3) is 0 Å². The summed E-state index contributed by atoms with van der Waals surface area (Å²) in [4.78, 5) is 18.3. The van der Waals surface area contributed by atoms with Crippen LogP contribution in [0.1, 0.15) is 41.5 Å². The monoisotopic (exact) mass is 343 g/mol. The second kappa shape index (κ2) is 5.92. The van der Waals surface area contributed by atoms with E-state index in [1.807, 2.05) is 41.5 Å². The number of hydrogen-bond donors (Lipinski definition) is 1. The molecule has 0 radical (unpaired) electrons. The maximum Gasteiger partial charge on any atom is 0.314 e. The average molecular weight is 343 g/mol. The van der Waals surface area contributed by atoms with E-state index < -0.39 is 18.1 Å². The smallest absolute Gasteiger partial charge is 0.314 e. The summed E-state index contributed by atoms with van der Waals surface area (Å²) < 4.78 is 17.7. The summed E-state index contributed by atoms with van der Waals surface area (Å²) >= 11 is 0. The molecule has 7 heteroatoms. The van der Waals surface area contributed by atoms with Gasteiger partial charge in [0.15, 0.2) is 6.10 Å². The van der Waals surface area contributed by atoms with Crippen LogP contribution in [0.15, 0.2) is 0 Å². The molecule has 0 aromatic carbocycles. The Balaban J connectivity index is 1.86. The highest BCUT2D eigenvalue weighted by atomic mass is 16.7. The van der Waals surface area contributed by atoms with Crippen molar-refractivity contribution in [3.8, 4) is 0 Å². The van der Waals surface area contributed by atoms with Gasteiger partial charge in [-0.15, -0.1) is 0 Å². The number of carbonyl (C=O) groups is 1. The van der Waals surface area contributed by atoms with Gasteiger partial charge in [-0.2, -0.15) is 5.06 Å². The molecule has 6 atom stereocenters. The quantitative estimate of drug-likeness (QED) is 0.763. The van der Waals surface area contributed by atoms with Crippen molar-refractivity contribution < 1.29 is 28.9 Å². The van der Waals surface area contributed by atoms with E-state index in [4.69, 9.17) is 19.0 Å². The van der Waals surface area contributed by atoms with Gasteiger partial charge in [-0.25, -0.2) is 0 Å². The number of aliphatic hydroxyl groups is 1.